The third-order valence-electron chi connectivity index (χ3n) is 6.77. The SMILES string of the molecule is CC1c2ccccc2Nc2cncnc2N(c2cccnc2)C(C)C2(C)C=CC12. The molecule has 2 aliphatic rings. The summed E-state index contributed by atoms with van der Waals surface area (Å²) in [5.41, 5.74) is 4.36. The van der Waals surface area contributed by atoms with Gasteiger partial charge >= 0.3 is 0 Å². The Labute approximate surface area is 171 Å². The summed E-state index contributed by atoms with van der Waals surface area (Å²) >= 11 is 0. The van der Waals surface area contributed by atoms with Crippen LogP contribution in [0.25, 0.3) is 0 Å². The molecule has 5 heteroatoms. The predicted molar refractivity (Wildman–Crippen MR) is 117 cm³/mol. The molecule has 1 aromatic carbocycles. The molecule has 0 saturated heterocycles. The molecule has 3 heterocycles. The minimum atomic E-state index is 0.00191. The number of rotatable bonds is 1. The lowest BCUT2D eigenvalue weighted by atomic mass is 9.58. The molecule has 1 N–H and O–H groups in total. The molecular weight excluding hydrogens is 358 g/mol. The van der Waals surface area contributed by atoms with Gasteiger partial charge in [-0.25, -0.2) is 9.97 Å². The van der Waals surface area contributed by atoms with Crippen LogP contribution in [-0.4, -0.2) is 21.0 Å². The molecule has 2 aromatic heterocycles. The lowest BCUT2D eigenvalue weighted by Gasteiger charge is -2.52. The van der Waals surface area contributed by atoms with Gasteiger partial charge < -0.3 is 10.2 Å². The summed E-state index contributed by atoms with van der Waals surface area (Å²) in [5, 5.41) is 3.62. The van der Waals surface area contributed by atoms with Crippen LogP contribution in [0.4, 0.5) is 22.9 Å². The number of nitrogens with one attached hydrogen (secondary N) is 1. The summed E-state index contributed by atoms with van der Waals surface area (Å²) in [6, 6.07) is 12.8. The molecular formula is C24H25N5. The van der Waals surface area contributed by atoms with E-state index in [0.717, 1.165) is 22.9 Å². The fourth-order valence-electron chi connectivity index (χ4n) is 4.89. The van der Waals surface area contributed by atoms with Crippen LogP contribution >= 0.6 is 0 Å². The number of anilines is 4. The Morgan fingerprint density at radius 3 is 2.62 bits per heavy atom. The Balaban J connectivity index is 1.76. The van der Waals surface area contributed by atoms with Gasteiger partial charge in [-0.2, -0.15) is 0 Å². The van der Waals surface area contributed by atoms with Gasteiger partial charge in [-0.05, 0) is 42.5 Å². The van der Waals surface area contributed by atoms with Gasteiger partial charge in [0.25, 0.3) is 0 Å². The molecule has 5 nitrogen and oxygen atoms in total. The van der Waals surface area contributed by atoms with Crippen molar-refractivity contribution in [3.05, 3.63) is 79.0 Å². The predicted octanol–water partition coefficient (Wildman–Crippen LogP) is 5.45. The number of benzene rings is 1. The van der Waals surface area contributed by atoms with Gasteiger partial charge in [-0.1, -0.05) is 44.2 Å². The molecule has 0 bridgehead atoms. The van der Waals surface area contributed by atoms with E-state index < -0.39 is 0 Å². The lowest BCUT2D eigenvalue weighted by Crippen LogP contribution is -2.51. The van der Waals surface area contributed by atoms with Crippen LogP contribution in [-0.2, 0) is 0 Å². The largest absolute Gasteiger partial charge is 0.351 e. The number of aromatic nitrogens is 3. The molecule has 5 rings (SSSR count). The van der Waals surface area contributed by atoms with Crippen molar-refractivity contribution < 1.29 is 0 Å². The van der Waals surface area contributed by atoms with Crippen LogP contribution in [0, 0.1) is 11.3 Å². The first-order valence-electron chi connectivity index (χ1n) is 10.1. The summed E-state index contributed by atoms with van der Waals surface area (Å²) < 4.78 is 0. The molecule has 0 amide bonds. The second kappa shape index (κ2) is 6.69. The van der Waals surface area contributed by atoms with Gasteiger partial charge in [0.1, 0.15) is 12.0 Å². The summed E-state index contributed by atoms with van der Waals surface area (Å²) in [5.74, 6) is 1.69. The third-order valence-corrected chi connectivity index (χ3v) is 6.77. The number of pyridine rings is 1. The molecule has 0 radical (unpaired) electrons. The molecule has 4 unspecified atom stereocenters. The molecule has 3 aromatic rings. The van der Waals surface area contributed by atoms with Crippen molar-refractivity contribution in [3.8, 4) is 0 Å². The maximum Gasteiger partial charge on any atom is 0.160 e. The molecule has 0 fully saturated rings. The number of para-hydroxylation sites is 1. The Morgan fingerprint density at radius 1 is 1.00 bits per heavy atom. The molecule has 4 atom stereocenters. The van der Waals surface area contributed by atoms with Crippen molar-refractivity contribution in [1.29, 1.82) is 0 Å². The number of hydrogen-bond donors (Lipinski definition) is 1. The van der Waals surface area contributed by atoms with E-state index in [0.29, 0.717) is 11.8 Å². The zero-order chi connectivity index (χ0) is 20.0. The maximum absolute atomic E-state index is 4.71. The van der Waals surface area contributed by atoms with Crippen molar-refractivity contribution in [3.63, 3.8) is 0 Å². The zero-order valence-electron chi connectivity index (χ0n) is 16.9. The van der Waals surface area contributed by atoms with E-state index in [1.54, 1.807) is 12.5 Å². The smallest absolute Gasteiger partial charge is 0.160 e. The minimum absolute atomic E-state index is 0.00191. The fourth-order valence-corrected chi connectivity index (χ4v) is 4.89. The van der Waals surface area contributed by atoms with Gasteiger partial charge in [0.2, 0.25) is 0 Å². The first kappa shape index (κ1) is 17.9. The molecule has 0 saturated carbocycles. The van der Waals surface area contributed by atoms with Gasteiger partial charge in [-0.3, -0.25) is 4.98 Å². The normalized spacial score (nSPS) is 27.7. The Bertz CT molecular complexity index is 1060. The molecule has 1 aliphatic heterocycles. The standard InChI is InChI=1S/C24H25N5/c1-16-19-8-4-5-9-21(19)28-22-14-26-15-27-23(22)29(18-7-6-12-25-13-18)17(2)24(3)11-10-20(16)24/h4-17,20,28H,1-3H3. The van der Waals surface area contributed by atoms with Crippen LogP contribution < -0.4 is 10.2 Å². The fraction of sp³-hybridized carbons (Fsp3) is 0.292. The van der Waals surface area contributed by atoms with Crippen LogP contribution in [0.3, 0.4) is 0 Å². The lowest BCUT2D eigenvalue weighted by molar-refractivity contribution is 0.193. The minimum Gasteiger partial charge on any atom is -0.351 e. The second-order valence-corrected chi connectivity index (χ2v) is 8.27. The topological polar surface area (TPSA) is 53.9 Å². The average molecular weight is 383 g/mol. The van der Waals surface area contributed by atoms with Gasteiger partial charge in [0, 0.05) is 23.3 Å². The summed E-state index contributed by atoms with van der Waals surface area (Å²) in [7, 11) is 0. The zero-order valence-corrected chi connectivity index (χ0v) is 16.9. The number of nitrogens with zero attached hydrogens (tertiary/aromatic N) is 4. The monoisotopic (exact) mass is 383 g/mol. The first-order valence-corrected chi connectivity index (χ1v) is 10.1. The highest BCUT2D eigenvalue weighted by Gasteiger charge is 2.48. The summed E-state index contributed by atoms with van der Waals surface area (Å²) in [4.78, 5) is 15.7. The van der Waals surface area contributed by atoms with Crippen LogP contribution in [0.2, 0.25) is 0 Å². The average Bonchev–Trinajstić information content (AvgIpc) is 2.74. The molecule has 1 aliphatic carbocycles. The van der Waals surface area contributed by atoms with Crippen LogP contribution in [0.1, 0.15) is 32.3 Å². The number of allylic oxidation sites excluding steroid dienone is 1. The highest BCUT2D eigenvalue weighted by Crippen LogP contribution is 2.54. The van der Waals surface area contributed by atoms with E-state index in [4.69, 9.17) is 4.98 Å². The third kappa shape index (κ3) is 2.72. The van der Waals surface area contributed by atoms with Crippen LogP contribution in [0.15, 0.2) is 73.5 Å². The first-order chi connectivity index (χ1) is 14.1. The quantitative estimate of drug-likeness (QED) is 0.566. The van der Waals surface area contributed by atoms with E-state index in [1.807, 2.05) is 18.5 Å². The maximum atomic E-state index is 4.71. The van der Waals surface area contributed by atoms with Gasteiger partial charge in [0.05, 0.1) is 18.1 Å². The van der Waals surface area contributed by atoms with E-state index in [-0.39, 0.29) is 11.5 Å². The number of fused-ring (bicyclic) bond motifs is 3. The Hall–Kier alpha value is -3.21. The molecule has 0 spiro atoms. The van der Waals surface area contributed by atoms with Crippen molar-refractivity contribution in [2.24, 2.45) is 11.3 Å². The number of hydrogen-bond acceptors (Lipinski definition) is 5. The molecule has 29 heavy (non-hydrogen) atoms. The highest BCUT2D eigenvalue weighted by molar-refractivity contribution is 5.78. The van der Waals surface area contributed by atoms with Crippen LogP contribution in [0.5, 0.6) is 0 Å². The molecule has 146 valence electrons. The van der Waals surface area contributed by atoms with Crippen molar-refractivity contribution >= 4 is 22.9 Å². The van der Waals surface area contributed by atoms with Gasteiger partial charge in [0.15, 0.2) is 5.82 Å². The van der Waals surface area contributed by atoms with E-state index in [2.05, 4.69) is 83.4 Å². The van der Waals surface area contributed by atoms with Gasteiger partial charge in [-0.15, -0.1) is 0 Å². The van der Waals surface area contributed by atoms with E-state index >= 15 is 0 Å². The van der Waals surface area contributed by atoms with E-state index in [9.17, 15) is 0 Å². The van der Waals surface area contributed by atoms with Crippen molar-refractivity contribution in [2.75, 3.05) is 10.2 Å². The summed E-state index contributed by atoms with van der Waals surface area (Å²) in [6.45, 7) is 6.98. The van der Waals surface area contributed by atoms with Crippen molar-refractivity contribution in [1.82, 2.24) is 15.0 Å². The second-order valence-electron chi connectivity index (χ2n) is 8.27. The summed E-state index contributed by atoms with van der Waals surface area (Å²) in [6.07, 6.45) is 11.9. The Morgan fingerprint density at radius 2 is 1.86 bits per heavy atom. The highest BCUT2D eigenvalue weighted by atomic mass is 15.3. The van der Waals surface area contributed by atoms with Crippen molar-refractivity contribution in [2.45, 2.75) is 32.7 Å². The Kier molecular flexibility index (Phi) is 4.12. The van der Waals surface area contributed by atoms with E-state index in [1.165, 1.54) is 5.56 Å².